The van der Waals surface area contributed by atoms with E-state index >= 15 is 0 Å². The van der Waals surface area contributed by atoms with Crippen molar-refractivity contribution in [3.63, 3.8) is 0 Å². The maximum atomic E-state index is 4.78. The average Bonchev–Trinajstić information content (AvgIpc) is 3.25. The van der Waals surface area contributed by atoms with Crippen LogP contribution in [0.5, 0.6) is 0 Å². The number of benzene rings is 1. The van der Waals surface area contributed by atoms with Gasteiger partial charge in [0, 0.05) is 36.6 Å². The maximum absolute atomic E-state index is 4.78. The summed E-state index contributed by atoms with van der Waals surface area (Å²) in [6.07, 6.45) is 15.6. The van der Waals surface area contributed by atoms with Gasteiger partial charge in [-0.1, -0.05) is 50.2 Å². The zero-order valence-corrected chi connectivity index (χ0v) is 20.0. The molecular weight excluding hydrogens is 408 g/mol. The third-order valence-electron chi connectivity index (χ3n) is 4.95. The molecule has 6 nitrogen and oxygen atoms in total. The summed E-state index contributed by atoms with van der Waals surface area (Å²) >= 11 is 0. The van der Waals surface area contributed by atoms with Gasteiger partial charge in [-0.2, -0.15) is 9.61 Å². The number of pyridine rings is 1. The van der Waals surface area contributed by atoms with Crippen LogP contribution in [-0.2, 0) is 13.0 Å². The zero-order chi connectivity index (χ0) is 24.1. The van der Waals surface area contributed by atoms with E-state index in [-0.39, 0.29) is 0 Å². The molecule has 3 heterocycles. The number of aryl methyl sites for hydroxylation is 2. The summed E-state index contributed by atoms with van der Waals surface area (Å²) < 4.78 is 1.85. The van der Waals surface area contributed by atoms with Crippen molar-refractivity contribution in [2.24, 2.45) is 0 Å². The molecular formula is C27H34N6. The molecule has 4 aromatic rings. The molecule has 1 unspecified atom stereocenters. The Morgan fingerprint density at radius 3 is 2.42 bits per heavy atom. The Kier molecular flexibility index (Phi) is 10.4. The van der Waals surface area contributed by atoms with Gasteiger partial charge in [-0.15, -0.1) is 12.8 Å². The lowest BCUT2D eigenvalue weighted by atomic mass is 10.1. The number of hydrogen-bond donors (Lipinski definition) is 2. The SMILES string of the molecule is C#C.CC.Cc1cnn2c(NCc3cccnc3)cc(NC(C)CCc3ccccc3)nc12. The number of aromatic nitrogens is 4. The van der Waals surface area contributed by atoms with E-state index < -0.39 is 0 Å². The summed E-state index contributed by atoms with van der Waals surface area (Å²) in [7, 11) is 0. The van der Waals surface area contributed by atoms with Gasteiger partial charge >= 0.3 is 0 Å². The molecule has 2 N–H and O–H groups in total. The zero-order valence-electron chi connectivity index (χ0n) is 20.0. The van der Waals surface area contributed by atoms with Gasteiger partial charge in [-0.25, -0.2) is 4.98 Å². The number of terminal acetylenes is 1. The molecule has 0 bridgehead atoms. The highest BCUT2D eigenvalue weighted by Crippen LogP contribution is 2.20. The van der Waals surface area contributed by atoms with Gasteiger partial charge in [0.1, 0.15) is 11.6 Å². The Morgan fingerprint density at radius 2 is 1.73 bits per heavy atom. The van der Waals surface area contributed by atoms with Crippen LogP contribution in [0.3, 0.4) is 0 Å². The second-order valence-electron chi connectivity index (χ2n) is 7.37. The molecule has 0 aliphatic rings. The van der Waals surface area contributed by atoms with E-state index in [4.69, 9.17) is 4.98 Å². The molecule has 0 aliphatic heterocycles. The van der Waals surface area contributed by atoms with Crippen LogP contribution < -0.4 is 10.6 Å². The second-order valence-corrected chi connectivity index (χ2v) is 7.37. The van der Waals surface area contributed by atoms with Crippen molar-refractivity contribution < 1.29 is 0 Å². The third kappa shape index (κ3) is 7.36. The summed E-state index contributed by atoms with van der Waals surface area (Å²) in [6, 6.07) is 16.9. The number of anilines is 2. The van der Waals surface area contributed by atoms with Crippen molar-refractivity contribution in [3.8, 4) is 12.8 Å². The molecule has 0 amide bonds. The van der Waals surface area contributed by atoms with Gasteiger partial charge in [0.15, 0.2) is 5.65 Å². The highest BCUT2D eigenvalue weighted by Gasteiger charge is 2.11. The smallest absolute Gasteiger partial charge is 0.162 e. The summed E-state index contributed by atoms with van der Waals surface area (Å²) in [5.41, 5.74) is 4.39. The molecule has 172 valence electrons. The average molecular weight is 443 g/mol. The van der Waals surface area contributed by atoms with Crippen LogP contribution in [0.2, 0.25) is 0 Å². The summed E-state index contributed by atoms with van der Waals surface area (Å²) in [5.74, 6) is 1.76. The number of rotatable bonds is 8. The van der Waals surface area contributed by atoms with Crippen molar-refractivity contribution in [1.82, 2.24) is 19.6 Å². The van der Waals surface area contributed by atoms with Crippen LogP contribution >= 0.6 is 0 Å². The minimum atomic E-state index is 0.305. The van der Waals surface area contributed by atoms with Crippen molar-refractivity contribution >= 4 is 17.3 Å². The molecule has 0 fully saturated rings. The Morgan fingerprint density at radius 1 is 1.00 bits per heavy atom. The first-order valence-corrected chi connectivity index (χ1v) is 11.3. The van der Waals surface area contributed by atoms with Gasteiger partial charge in [0.05, 0.1) is 6.20 Å². The van der Waals surface area contributed by atoms with Gasteiger partial charge in [0.25, 0.3) is 0 Å². The summed E-state index contributed by atoms with van der Waals surface area (Å²) in [6.45, 7) is 8.90. The summed E-state index contributed by atoms with van der Waals surface area (Å²) in [4.78, 5) is 8.96. The monoisotopic (exact) mass is 442 g/mol. The van der Waals surface area contributed by atoms with Crippen LogP contribution in [0.15, 0.2) is 67.1 Å². The molecule has 6 heteroatoms. The molecule has 4 rings (SSSR count). The number of nitrogens with zero attached hydrogens (tertiary/aromatic N) is 4. The van der Waals surface area contributed by atoms with E-state index in [1.807, 2.05) is 49.8 Å². The van der Waals surface area contributed by atoms with E-state index in [2.05, 4.69) is 76.9 Å². The van der Waals surface area contributed by atoms with Crippen molar-refractivity contribution in [1.29, 1.82) is 0 Å². The molecule has 0 spiro atoms. The van der Waals surface area contributed by atoms with Crippen LogP contribution in [0.25, 0.3) is 5.65 Å². The van der Waals surface area contributed by atoms with Crippen LogP contribution in [0.4, 0.5) is 11.6 Å². The predicted molar refractivity (Wildman–Crippen MR) is 138 cm³/mol. The van der Waals surface area contributed by atoms with E-state index in [0.29, 0.717) is 12.6 Å². The lowest BCUT2D eigenvalue weighted by molar-refractivity contribution is 0.702. The van der Waals surface area contributed by atoms with E-state index in [0.717, 1.165) is 41.3 Å². The largest absolute Gasteiger partial charge is 0.367 e. The maximum Gasteiger partial charge on any atom is 0.162 e. The van der Waals surface area contributed by atoms with E-state index in [1.165, 1.54) is 5.56 Å². The third-order valence-corrected chi connectivity index (χ3v) is 4.95. The predicted octanol–water partition coefficient (Wildman–Crippen LogP) is 5.75. The Hall–Kier alpha value is -3.85. The second kappa shape index (κ2) is 13.5. The number of hydrogen-bond acceptors (Lipinski definition) is 5. The normalized spacial score (nSPS) is 10.8. The molecule has 0 saturated heterocycles. The fourth-order valence-corrected chi connectivity index (χ4v) is 3.32. The molecule has 33 heavy (non-hydrogen) atoms. The van der Waals surface area contributed by atoms with Gasteiger partial charge in [-0.3, -0.25) is 4.98 Å². The molecule has 1 atom stereocenters. The topological polar surface area (TPSA) is 67.1 Å². The lowest BCUT2D eigenvalue weighted by Gasteiger charge is -2.16. The van der Waals surface area contributed by atoms with Gasteiger partial charge in [0.2, 0.25) is 0 Å². The molecule has 0 saturated carbocycles. The summed E-state index contributed by atoms with van der Waals surface area (Å²) in [5, 5.41) is 11.5. The number of nitrogens with one attached hydrogen (secondary N) is 2. The highest BCUT2D eigenvalue weighted by atomic mass is 15.3. The van der Waals surface area contributed by atoms with Gasteiger partial charge in [-0.05, 0) is 43.9 Å². The molecule has 0 radical (unpaired) electrons. The van der Waals surface area contributed by atoms with Crippen molar-refractivity contribution in [2.45, 2.75) is 53.1 Å². The molecule has 0 aliphatic carbocycles. The lowest BCUT2D eigenvalue weighted by Crippen LogP contribution is -2.18. The van der Waals surface area contributed by atoms with Crippen LogP contribution in [0.1, 0.15) is 43.9 Å². The first-order valence-electron chi connectivity index (χ1n) is 11.3. The Bertz CT molecular complexity index is 1100. The fourth-order valence-electron chi connectivity index (χ4n) is 3.32. The van der Waals surface area contributed by atoms with E-state index in [1.54, 1.807) is 6.20 Å². The Labute approximate surface area is 197 Å². The van der Waals surface area contributed by atoms with Crippen LogP contribution in [0, 0.1) is 19.8 Å². The first kappa shape index (κ1) is 25.4. The van der Waals surface area contributed by atoms with Crippen LogP contribution in [-0.4, -0.2) is 25.6 Å². The molecule has 1 aromatic carbocycles. The van der Waals surface area contributed by atoms with Crippen molar-refractivity contribution in [2.75, 3.05) is 10.6 Å². The number of fused-ring (bicyclic) bond motifs is 1. The van der Waals surface area contributed by atoms with Crippen molar-refractivity contribution in [3.05, 3.63) is 83.8 Å². The quantitative estimate of drug-likeness (QED) is 0.340. The Balaban J connectivity index is 0.000000914. The standard InChI is InChI=1S/C23H26N6.C2H6.C2H2/c1-17-14-26-29-22(25-16-20-9-6-12-24-15-20)13-21(28-23(17)29)27-18(2)10-11-19-7-4-3-5-8-19;2*1-2/h3-9,12-15,18,25H,10-11,16H2,1-2H3,(H,27,28);1-2H3;1-2H. The molecule has 3 aromatic heterocycles. The fraction of sp³-hybridized carbons (Fsp3) is 0.296. The minimum Gasteiger partial charge on any atom is -0.367 e. The van der Waals surface area contributed by atoms with E-state index in [9.17, 15) is 0 Å². The first-order chi connectivity index (χ1) is 16.2. The minimum absolute atomic E-state index is 0.305. The highest BCUT2D eigenvalue weighted by molar-refractivity contribution is 5.60. The van der Waals surface area contributed by atoms with Gasteiger partial charge < -0.3 is 10.6 Å².